The van der Waals surface area contributed by atoms with Crippen LogP contribution in [0.5, 0.6) is 0 Å². The second kappa shape index (κ2) is 31.9. The lowest BCUT2D eigenvalue weighted by atomic mass is 10.0. The average molecular weight is 537 g/mol. The number of carbonyl (C=O) groups excluding carboxylic acids is 2. The van der Waals surface area contributed by atoms with Crippen LogP contribution in [0.25, 0.3) is 0 Å². The summed E-state index contributed by atoms with van der Waals surface area (Å²) >= 11 is 0. The fraction of sp³-hybridized carbons (Fsp3) is 0.882. The largest absolute Gasteiger partial charge is 0.466 e. The Morgan fingerprint density at radius 2 is 0.763 bits per heavy atom. The minimum atomic E-state index is -0.0328. The highest BCUT2D eigenvalue weighted by atomic mass is 16.5. The summed E-state index contributed by atoms with van der Waals surface area (Å²) < 4.78 is 10.6. The lowest BCUT2D eigenvalue weighted by Crippen LogP contribution is -2.05. The van der Waals surface area contributed by atoms with Crippen LogP contribution in [0.1, 0.15) is 181 Å². The summed E-state index contributed by atoms with van der Waals surface area (Å²) in [5.74, 6) is -0.0359. The van der Waals surface area contributed by atoms with Gasteiger partial charge in [0.15, 0.2) is 0 Å². The van der Waals surface area contributed by atoms with E-state index in [4.69, 9.17) is 9.47 Å². The number of rotatable bonds is 30. The van der Waals surface area contributed by atoms with Gasteiger partial charge in [-0.15, -0.1) is 0 Å². The lowest BCUT2D eigenvalue weighted by Gasteiger charge is -2.05. The minimum absolute atomic E-state index is 0.00310. The minimum Gasteiger partial charge on any atom is -0.466 e. The predicted octanol–water partition coefficient (Wildman–Crippen LogP) is 10.8. The van der Waals surface area contributed by atoms with E-state index in [0.717, 1.165) is 44.9 Å². The molecule has 0 saturated carbocycles. The molecule has 0 rings (SSSR count). The summed E-state index contributed by atoms with van der Waals surface area (Å²) in [4.78, 5) is 23.4. The maximum absolute atomic E-state index is 11.7. The van der Waals surface area contributed by atoms with E-state index in [1.807, 2.05) is 0 Å². The van der Waals surface area contributed by atoms with Gasteiger partial charge in [-0.1, -0.05) is 135 Å². The SMILES string of the molecule is CCCCCCCOC(=O)CCC/C=C/CCCCCCCCCCCCCC(=O)OCCCCCCC. The molecule has 0 amide bonds. The molecule has 38 heavy (non-hydrogen) atoms. The second-order valence-electron chi connectivity index (χ2n) is 11.1. The Bertz CT molecular complexity index is 529. The molecule has 0 aromatic carbocycles. The van der Waals surface area contributed by atoms with Crippen molar-refractivity contribution in [2.45, 2.75) is 181 Å². The van der Waals surface area contributed by atoms with Gasteiger partial charge in [-0.25, -0.2) is 0 Å². The van der Waals surface area contributed by atoms with E-state index in [1.54, 1.807) is 0 Å². The molecule has 0 aliphatic heterocycles. The Hall–Kier alpha value is -1.32. The monoisotopic (exact) mass is 536 g/mol. The van der Waals surface area contributed by atoms with Crippen molar-refractivity contribution < 1.29 is 19.1 Å². The Morgan fingerprint density at radius 3 is 1.24 bits per heavy atom. The van der Waals surface area contributed by atoms with E-state index < -0.39 is 0 Å². The molecule has 0 bridgehead atoms. The van der Waals surface area contributed by atoms with Gasteiger partial charge in [-0.05, 0) is 44.9 Å². The highest BCUT2D eigenvalue weighted by Gasteiger charge is 2.03. The molecule has 0 saturated heterocycles. The van der Waals surface area contributed by atoms with Crippen LogP contribution >= 0.6 is 0 Å². The van der Waals surface area contributed by atoms with Gasteiger partial charge < -0.3 is 9.47 Å². The Labute approximate surface area is 237 Å². The van der Waals surface area contributed by atoms with E-state index in [1.165, 1.54) is 109 Å². The maximum Gasteiger partial charge on any atom is 0.305 e. The molecular formula is C34H64O4. The molecule has 0 aromatic rings. The van der Waals surface area contributed by atoms with Gasteiger partial charge in [0, 0.05) is 12.8 Å². The molecule has 0 spiro atoms. The summed E-state index contributed by atoms with van der Waals surface area (Å²) in [5.41, 5.74) is 0. The predicted molar refractivity (Wildman–Crippen MR) is 162 cm³/mol. The molecule has 0 atom stereocenters. The zero-order chi connectivity index (χ0) is 27.8. The normalized spacial score (nSPS) is 11.3. The third-order valence-corrected chi connectivity index (χ3v) is 7.19. The van der Waals surface area contributed by atoms with E-state index in [0.29, 0.717) is 26.1 Å². The topological polar surface area (TPSA) is 52.6 Å². The van der Waals surface area contributed by atoms with E-state index >= 15 is 0 Å². The first-order valence-corrected chi connectivity index (χ1v) is 16.7. The summed E-state index contributed by atoms with van der Waals surface area (Å²) in [7, 11) is 0. The van der Waals surface area contributed by atoms with Crippen molar-refractivity contribution in [2.75, 3.05) is 13.2 Å². The summed E-state index contributed by atoms with van der Waals surface area (Å²) in [5, 5.41) is 0. The van der Waals surface area contributed by atoms with Crippen molar-refractivity contribution in [1.82, 2.24) is 0 Å². The van der Waals surface area contributed by atoms with Crippen LogP contribution in [0.15, 0.2) is 12.2 Å². The van der Waals surface area contributed by atoms with Crippen molar-refractivity contribution >= 4 is 11.9 Å². The maximum atomic E-state index is 11.7. The van der Waals surface area contributed by atoms with Gasteiger partial charge in [-0.2, -0.15) is 0 Å². The van der Waals surface area contributed by atoms with Gasteiger partial charge in [0.2, 0.25) is 0 Å². The summed E-state index contributed by atoms with van der Waals surface area (Å²) in [6.07, 6.45) is 34.7. The number of hydrogen-bond acceptors (Lipinski definition) is 4. The third-order valence-electron chi connectivity index (χ3n) is 7.19. The highest BCUT2D eigenvalue weighted by Crippen LogP contribution is 2.13. The van der Waals surface area contributed by atoms with Gasteiger partial charge in [0.25, 0.3) is 0 Å². The number of allylic oxidation sites excluding steroid dienone is 2. The molecule has 0 heterocycles. The van der Waals surface area contributed by atoms with E-state index in [2.05, 4.69) is 26.0 Å². The van der Waals surface area contributed by atoms with Crippen LogP contribution < -0.4 is 0 Å². The average Bonchev–Trinajstić information content (AvgIpc) is 2.91. The van der Waals surface area contributed by atoms with Crippen molar-refractivity contribution in [3.63, 3.8) is 0 Å². The van der Waals surface area contributed by atoms with Crippen molar-refractivity contribution in [2.24, 2.45) is 0 Å². The number of carbonyl (C=O) groups is 2. The zero-order valence-electron chi connectivity index (χ0n) is 25.6. The molecule has 4 heteroatoms. The van der Waals surface area contributed by atoms with Crippen LogP contribution in [-0.2, 0) is 19.1 Å². The van der Waals surface area contributed by atoms with Crippen LogP contribution in [0, 0.1) is 0 Å². The van der Waals surface area contributed by atoms with Crippen molar-refractivity contribution in [3.05, 3.63) is 12.2 Å². The molecule has 0 aliphatic carbocycles. The standard InChI is InChI=1S/C34H64O4/c1-3-5-7-23-27-31-37-33(35)29-25-21-19-17-15-13-11-9-10-12-14-16-18-20-22-26-30-34(36)38-32-28-24-8-6-4-2/h17,19H,3-16,18,20-32H2,1-2H3/b19-17+. The summed E-state index contributed by atoms with van der Waals surface area (Å²) in [6.45, 7) is 5.63. The smallest absolute Gasteiger partial charge is 0.305 e. The molecule has 0 N–H and O–H groups in total. The lowest BCUT2D eigenvalue weighted by molar-refractivity contribution is -0.144. The second-order valence-corrected chi connectivity index (χ2v) is 11.1. The summed E-state index contributed by atoms with van der Waals surface area (Å²) in [6, 6.07) is 0. The van der Waals surface area contributed by atoms with E-state index in [9.17, 15) is 9.59 Å². The third kappa shape index (κ3) is 30.9. The fourth-order valence-electron chi connectivity index (χ4n) is 4.65. The number of esters is 2. The highest BCUT2D eigenvalue weighted by molar-refractivity contribution is 5.69. The first-order chi connectivity index (χ1) is 18.7. The fourth-order valence-corrected chi connectivity index (χ4v) is 4.65. The molecule has 4 nitrogen and oxygen atoms in total. The first-order valence-electron chi connectivity index (χ1n) is 16.7. The first kappa shape index (κ1) is 36.7. The van der Waals surface area contributed by atoms with Gasteiger partial charge in [0.05, 0.1) is 13.2 Å². The van der Waals surface area contributed by atoms with Gasteiger partial charge in [-0.3, -0.25) is 9.59 Å². The number of unbranched alkanes of at least 4 members (excludes halogenated alkanes) is 20. The quantitative estimate of drug-likeness (QED) is 0.0520. The Balaban J connectivity index is 3.24. The van der Waals surface area contributed by atoms with Crippen molar-refractivity contribution in [1.29, 1.82) is 0 Å². The van der Waals surface area contributed by atoms with E-state index in [-0.39, 0.29) is 11.9 Å². The molecule has 224 valence electrons. The molecule has 0 aliphatic rings. The molecular weight excluding hydrogens is 472 g/mol. The van der Waals surface area contributed by atoms with Crippen LogP contribution in [-0.4, -0.2) is 25.2 Å². The van der Waals surface area contributed by atoms with Gasteiger partial charge in [0.1, 0.15) is 0 Å². The Morgan fingerprint density at radius 1 is 0.421 bits per heavy atom. The molecule has 0 aromatic heterocycles. The molecule has 0 radical (unpaired) electrons. The number of ether oxygens (including phenoxy) is 2. The molecule has 0 fully saturated rings. The van der Waals surface area contributed by atoms with Crippen LogP contribution in [0.3, 0.4) is 0 Å². The van der Waals surface area contributed by atoms with Gasteiger partial charge >= 0.3 is 11.9 Å². The Kier molecular flexibility index (Phi) is 30.8. The van der Waals surface area contributed by atoms with Crippen LogP contribution in [0.2, 0.25) is 0 Å². The zero-order valence-corrected chi connectivity index (χ0v) is 25.6. The van der Waals surface area contributed by atoms with Crippen molar-refractivity contribution in [3.8, 4) is 0 Å². The number of hydrogen-bond donors (Lipinski definition) is 0. The van der Waals surface area contributed by atoms with Crippen LogP contribution in [0.4, 0.5) is 0 Å². The molecule has 0 unspecified atom stereocenters.